The van der Waals surface area contributed by atoms with Gasteiger partial charge in [0.2, 0.25) is 5.60 Å². The SMILES string of the molecule is C=C1C(=O)OC(C#N)(c2ccccc2)C1c1ccc(Cl)cc1. The van der Waals surface area contributed by atoms with Crippen LogP contribution in [0.5, 0.6) is 0 Å². The van der Waals surface area contributed by atoms with Crippen molar-refractivity contribution in [2.45, 2.75) is 11.5 Å². The first-order valence-corrected chi connectivity index (χ1v) is 7.10. The molecular formula is C18H12ClNO2. The number of cyclic esters (lactones) is 1. The molecule has 0 bridgehead atoms. The van der Waals surface area contributed by atoms with Crippen molar-refractivity contribution in [2.24, 2.45) is 0 Å². The number of carbonyl (C=O) groups is 1. The average molecular weight is 310 g/mol. The summed E-state index contributed by atoms with van der Waals surface area (Å²) in [6.45, 7) is 3.83. The standard InChI is InChI=1S/C18H12ClNO2/c1-12-16(13-7-9-15(19)10-8-13)18(11-20,22-17(12)21)14-5-3-2-4-6-14/h2-10,16H,1H2. The van der Waals surface area contributed by atoms with Crippen LogP contribution in [0.1, 0.15) is 17.0 Å². The first-order chi connectivity index (χ1) is 10.6. The highest BCUT2D eigenvalue weighted by molar-refractivity contribution is 6.30. The van der Waals surface area contributed by atoms with Gasteiger partial charge < -0.3 is 4.74 Å². The fourth-order valence-electron chi connectivity index (χ4n) is 2.79. The van der Waals surface area contributed by atoms with Crippen molar-refractivity contribution >= 4 is 17.6 Å². The molecule has 1 heterocycles. The Morgan fingerprint density at radius 2 is 1.77 bits per heavy atom. The van der Waals surface area contributed by atoms with Gasteiger partial charge in [-0.05, 0) is 17.7 Å². The number of ether oxygens (including phenoxy) is 1. The highest BCUT2D eigenvalue weighted by Crippen LogP contribution is 2.49. The van der Waals surface area contributed by atoms with Gasteiger partial charge in [0.1, 0.15) is 6.07 Å². The van der Waals surface area contributed by atoms with Crippen LogP contribution in [-0.2, 0) is 15.1 Å². The molecule has 1 aliphatic rings. The van der Waals surface area contributed by atoms with Crippen LogP contribution in [0.2, 0.25) is 5.02 Å². The van der Waals surface area contributed by atoms with Gasteiger partial charge >= 0.3 is 5.97 Å². The lowest BCUT2D eigenvalue weighted by atomic mass is 9.76. The molecule has 2 unspecified atom stereocenters. The highest BCUT2D eigenvalue weighted by atomic mass is 35.5. The van der Waals surface area contributed by atoms with Crippen LogP contribution in [0.25, 0.3) is 0 Å². The largest absolute Gasteiger partial charge is 0.435 e. The number of esters is 1. The van der Waals surface area contributed by atoms with Crippen LogP contribution in [0.3, 0.4) is 0 Å². The smallest absolute Gasteiger partial charge is 0.336 e. The zero-order valence-electron chi connectivity index (χ0n) is 11.6. The Morgan fingerprint density at radius 1 is 1.14 bits per heavy atom. The van der Waals surface area contributed by atoms with Gasteiger partial charge in [-0.1, -0.05) is 60.6 Å². The molecule has 0 saturated carbocycles. The molecule has 2 atom stereocenters. The number of carbonyl (C=O) groups excluding carboxylic acids is 1. The van der Waals surface area contributed by atoms with E-state index in [0.717, 1.165) is 5.56 Å². The van der Waals surface area contributed by atoms with Crippen molar-refractivity contribution in [1.29, 1.82) is 5.26 Å². The maximum atomic E-state index is 12.1. The number of nitriles is 1. The molecule has 0 aliphatic carbocycles. The molecule has 1 fully saturated rings. The van der Waals surface area contributed by atoms with E-state index >= 15 is 0 Å². The minimum atomic E-state index is -1.40. The van der Waals surface area contributed by atoms with Gasteiger partial charge in [-0.2, -0.15) is 5.26 Å². The topological polar surface area (TPSA) is 50.1 Å². The lowest BCUT2D eigenvalue weighted by Gasteiger charge is -2.27. The van der Waals surface area contributed by atoms with Gasteiger partial charge in [0.15, 0.2) is 0 Å². The zero-order chi connectivity index (χ0) is 15.7. The number of hydrogen-bond acceptors (Lipinski definition) is 3. The zero-order valence-corrected chi connectivity index (χ0v) is 12.4. The Kier molecular flexibility index (Phi) is 3.48. The predicted octanol–water partition coefficient (Wildman–Crippen LogP) is 3.96. The quantitative estimate of drug-likeness (QED) is 0.623. The van der Waals surface area contributed by atoms with Gasteiger partial charge in [0.25, 0.3) is 0 Å². The van der Waals surface area contributed by atoms with Crippen LogP contribution in [-0.4, -0.2) is 5.97 Å². The minimum Gasteiger partial charge on any atom is -0.435 e. The maximum Gasteiger partial charge on any atom is 0.336 e. The Balaban J connectivity index is 2.20. The summed E-state index contributed by atoms with van der Waals surface area (Å²) in [5.41, 5.74) is 0.270. The van der Waals surface area contributed by atoms with Crippen LogP contribution >= 0.6 is 11.6 Å². The van der Waals surface area contributed by atoms with Crippen LogP contribution in [0, 0.1) is 11.3 Å². The summed E-state index contributed by atoms with van der Waals surface area (Å²) in [7, 11) is 0. The predicted molar refractivity (Wildman–Crippen MR) is 83.2 cm³/mol. The number of nitrogens with zero attached hydrogens (tertiary/aromatic N) is 1. The Labute approximate surface area is 133 Å². The van der Waals surface area contributed by atoms with E-state index in [9.17, 15) is 10.1 Å². The highest BCUT2D eigenvalue weighted by Gasteiger charge is 2.54. The summed E-state index contributed by atoms with van der Waals surface area (Å²) >= 11 is 5.92. The molecule has 0 amide bonds. The Morgan fingerprint density at radius 3 is 2.36 bits per heavy atom. The van der Waals surface area contributed by atoms with Crippen molar-refractivity contribution in [1.82, 2.24) is 0 Å². The van der Waals surface area contributed by atoms with E-state index in [2.05, 4.69) is 12.6 Å². The second kappa shape index (κ2) is 5.32. The summed E-state index contributed by atoms with van der Waals surface area (Å²) in [5.74, 6) is -1.12. The summed E-state index contributed by atoms with van der Waals surface area (Å²) < 4.78 is 5.46. The molecule has 4 heteroatoms. The summed E-state index contributed by atoms with van der Waals surface area (Å²) in [6, 6.07) is 18.2. The van der Waals surface area contributed by atoms with Gasteiger partial charge in [0.05, 0.1) is 5.92 Å². The van der Waals surface area contributed by atoms with E-state index in [1.54, 1.807) is 36.4 Å². The van der Waals surface area contributed by atoms with E-state index in [4.69, 9.17) is 16.3 Å². The van der Waals surface area contributed by atoms with Crippen molar-refractivity contribution < 1.29 is 9.53 Å². The van der Waals surface area contributed by atoms with E-state index in [1.807, 2.05) is 18.2 Å². The molecule has 2 aromatic rings. The molecular weight excluding hydrogens is 298 g/mol. The molecule has 108 valence electrons. The maximum absolute atomic E-state index is 12.1. The summed E-state index contributed by atoms with van der Waals surface area (Å²) in [5, 5.41) is 10.4. The normalized spacial score (nSPS) is 23.9. The van der Waals surface area contributed by atoms with Gasteiger partial charge in [-0.25, -0.2) is 4.79 Å². The molecule has 0 radical (unpaired) electrons. The third kappa shape index (κ3) is 2.09. The summed E-state index contributed by atoms with van der Waals surface area (Å²) in [4.78, 5) is 12.1. The lowest BCUT2D eigenvalue weighted by Crippen LogP contribution is -2.30. The third-order valence-electron chi connectivity index (χ3n) is 3.84. The average Bonchev–Trinajstić information content (AvgIpc) is 2.81. The Hall–Kier alpha value is -2.57. The molecule has 2 aromatic carbocycles. The van der Waals surface area contributed by atoms with Crippen molar-refractivity contribution in [3.05, 3.63) is 82.9 Å². The Bertz CT molecular complexity index is 777. The lowest BCUT2D eigenvalue weighted by molar-refractivity contribution is -0.143. The number of rotatable bonds is 2. The second-order valence-electron chi connectivity index (χ2n) is 5.11. The fraction of sp³-hybridized carbons (Fsp3) is 0.111. The fourth-order valence-corrected chi connectivity index (χ4v) is 2.91. The molecule has 1 saturated heterocycles. The van der Waals surface area contributed by atoms with E-state index in [0.29, 0.717) is 10.6 Å². The monoisotopic (exact) mass is 309 g/mol. The number of hydrogen-bond donors (Lipinski definition) is 0. The molecule has 1 aliphatic heterocycles. The molecule has 3 rings (SSSR count). The van der Waals surface area contributed by atoms with E-state index in [-0.39, 0.29) is 5.57 Å². The van der Waals surface area contributed by atoms with Crippen molar-refractivity contribution in [2.75, 3.05) is 0 Å². The number of benzene rings is 2. The van der Waals surface area contributed by atoms with Crippen LogP contribution in [0.15, 0.2) is 66.7 Å². The van der Waals surface area contributed by atoms with Gasteiger partial charge in [0, 0.05) is 16.2 Å². The van der Waals surface area contributed by atoms with Gasteiger partial charge in [-0.3, -0.25) is 0 Å². The van der Waals surface area contributed by atoms with Crippen molar-refractivity contribution in [3.8, 4) is 6.07 Å². The minimum absolute atomic E-state index is 0.271. The van der Waals surface area contributed by atoms with E-state index in [1.165, 1.54) is 0 Å². The first kappa shape index (κ1) is 14.4. The molecule has 22 heavy (non-hydrogen) atoms. The molecule has 0 spiro atoms. The summed E-state index contributed by atoms with van der Waals surface area (Å²) in [6.07, 6.45) is 0. The molecule has 0 aromatic heterocycles. The molecule has 0 N–H and O–H groups in total. The third-order valence-corrected chi connectivity index (χ3v) is 4.09. The van der Waals surface area contributed by atoms with Crippen LogP contribution < -0.4 is 0 Å². The first-order valence-electron chi connectivity index (χ1n) is 6.73. The van der Waals surface area contributed by atoms with Crippen LogP contribution in [0.4, 0.5) is 0 Å². The molecule has 3 nitrogen and oxygen atoms in total. The number of halogens is 1. The van der Waals surface area contributed by atoms with E-state index < -0.39 is 17.5 Å². The second-order valence-corrected chi connectivity index (χ2v) is 5.55. The van der Waals surface area contributed by atoms with Gasteiger partial charge in [-0.15, -0.1) is 0 Å². The van der Waals surface area contributed by atoms with Crippen molar-refractivity contribution in [3.63, 3.8) is 0 Å².